The third-order valence-electron chi connectivity index (χ3n) is 1.66. The molecule has 10 heavy (non-hydrogen) atoms. The van der Waals surface area contributed by atoms with Crippen molar-refractivity contribution in [2.75, 3.05) is 13.6 Å². The predicted octanol–water partition coefficient (Wildman–Crippen LogP) is 2.42. The first-order valence-corrected chi connectivity index (χ1v) is 3.71. The molecule has 1 nitrogen and oxygen atoms in total. The van der Waals surface area contributed by atoms with Crippen LogP contribution in [0.4, 0.5) is 0 Å². The molecule has 0 fully saturated rings. The van der Waals surface area contributed by atoms with Gasteiger partial charge in [0.05, 0.1) is 0 Å². The maximum Gasteiger partial charge on any atom is 0.0143 e. The summed E-state index contributed by atoms with van der Waals surface area (Å²) in [6.45, 7) is 8.99. The summed E-state index contributed by atoms with van der Waals surface area (Å²) < 4.78 is 0. The van der Waals surface area contributed by atoms with Crippen molar-refractivity contribution in [2.24, 2.45) is 0 Å². The first kappa shape index (κ1) is 9.28. The molecule has 0 aliphatic carbocycles. The summed E-state index contributed by atoms with van der Waals surface area (Å²) in [6.07, 6.45) is 5.06. The van der Waals surface area contributed by atoms with Gasteiger partial charge in [0.2, 0.25) is 0 Å². The van der Waals surface area contributed by atoms with E-state index in [-0.39, 0.29) is 0 Å². The third-order valence-corrected chi connectivity index (χ3v) is 1.66. The molecule has 0 bridgehead atoms. The highest BCUT2D eigenvalue weighted by molar-refractivity contribution is 4.98. The van der Waals surface area contributed by atoms with Crippen LogP contribution in [0.5, 0.6) is 0 Å². The predicted molar refractivity (Wildman–Crippen MR) is 46.9 cm³/mol. The van der Waals surface area contributed by atoms with E-state index >= 15 is 0 Å². The highest BCUT2D eigenvalue weighted by Crippen LogP contribution is 2.00. The van der Waals surface area contributed by atoms with E-state index in [1.807, 2.05) is 6.08 Å². The number of hydrogen-bond donors (Lipinski definition) is 0. The lowest BCUT2D eigenvalue weighted by Crippen LogP contribution is -2.14. The van der Waals surface area contributed by atoms with Gasteiger partial charge in [-0.1, -0.05) is 12.2 Å². The fourth-order valence-corrected chi connectivity index (χ4v) is 0.659. The Balaban J connectivity index is 3.78. The molecule has 1 heteroatoms. The van der Waals surface area contributed by atoms with Crippen molar-refractivity contribution in [3.8, 4) is 0 Å². The largest absolute Gasteiger partial charge is 0.379 e. The van der Waals surface area contributed by atoms with Crippen molar-refractivity contribution in [2.45, 2.75) is 20.3 Å². The van der Waals surface area contributed by atoms with Crippen LogP contribution in [0.2, 0.25) is 0 Å². The summed E-state index contributed by atoms with van der Waals surface area (Å²) in [5, 5.41) is 0. The second-order valence-corrected chi connectivity index (χ2v) is 2.38. The standard InChI is InChI=1S/C9H17N/c1-5-7-8-9(3)10(4)6-2/h5,8H,1,6-7H2,2-4H3. The monoisotopic (exact) mass is 139 g/mol. The zero-order valence-electron chi connectivity index (χ0n) is 7.22. The van der Waals surface area contributed by atoms with Crippen LogP contribution >= 0.6 is 0 Å². The summed E-state index contributed by atoms with van der Waals surface area (Å²) in [5.41, 5.74) is 1.32. The summed E-state index contributed by atoms with van der Waals surface area (Å²) in [5.74, 6) is 0. The normalized spacial score (nSPS) is 11.3. The van der Waals surface area contributed by atoms with E-state index in [0.29, 0.717) is 0 Å². The lowest BCUT2D eigenvalue weighted by molar-refractivity contribution is 0.441. The molecule has 0 unspecified atom stereocenters. The van der Waals surface area contributed by atoms with E-state index < -0.39 is 0 Å². The number of allylic oxidation sites excluding steroid dienone is 3. The third kappa shape index (κ3) is 3.33. The molecule has 0 saturated heterocycles. The van der Waals surface area contributed by atoms with Crippen LogP contribution in [-0.4, -0.2) is 18.5 Å². The topological polar surface area (TPSA) is 3.24 Å². The van der Waals surface area contributed by atoms with Crippen LogP contribution in [0.15, 0.2) is 24.4 Å². The van der Waals surface area contributed by atoms with Crippen molar-refractivity contribution in [3.63, 3.8) is 0 Å². The molecule has 0 aromatic carbocycles. The molecule has 0 aliphatic rings. The van der Waals surface area contributed by atoms with Crippen molar-refractivity contribution < 1.29 is 0 Å². The molecule has 0 radical (unpaired) electrons. The van der Waals surface area contributed by atoms with Gasteiger partial charge in [-0.05, 0) is 20.3 Å². The van der Waals surface area contributed by atoms with E-state index in [2.05, 4.69) is 38.5 Å². The van der Waals surface area contributed by atoms with Crippen LogP contribution < -0.4 is 0 Å². The quantitative estimate of drug-likeness (QED) is 0.541. The van der Waals surface area contributed by atoms with Crippen molar-refractivity contribution in [1.29, 1.82) is 0 Å². The Labute approximate surface area is 64.0 Å². The fourth-order valence-electron chi connectivity index (χ4n) is 0.659. The summed E-state index contributed by atoms with van der Waals surface area (Å²) in [4.78, 5) is 2.21. The highest BCUT2D eigenvalue weighted by Gasteiger charge is 1.91. The molecule has 0 aromatic rings. The molecule has 0 heterocycles. The fraction of sp³-hybridized carbons (Fsp3) is 0.556. The zero-order valence-corrected chi connectivity index (χ0v) is 7.22. The van der Waals surface area contributed by atoms with Crippen LogP contribution in [0.25, 0.3) is 0 Å². The molecule has 0 amide bonds. The Kier molecular flexibility index (Phi) is 4.73. The minimum atomic E-state index is 0.968. The van der Waals surface area contributed by atoms with Gasteiger partial charge in [0.1, 0.15) is 0 Å². The van der Waals surface area contributed by atoms with E-state index in [1.54, 1.807) is 0 Å². The Morgan fingerprint density at radius 1 is 1.60 bits per heavy atom. The van der Waals surface area contributed by atoms with Crippen LogP contribution in [-0.2, 0) is 0 Å². The SMILES string of the molecule is C=CCC=C(C)N(C)CC. The van der Waals surface area contributed by atoms with Gasteiger partial charge in [-0.25, -0.2) is 0 Å². The second kappa shape index (κ2) is 5.10. The lowest BCUT2D eigenvalue weighted by Gasteiger charge is -2.16. The molecule has 0 atom stereocenters. The first-order chi connectivity index (χ1) is 4.72. The number of nitrogens with zero attached hydrogens (tertiary/aromatic N) is 1. The molecule has 0 saturated carbocycles. The van der Waals surface area contributed by atoms with Gasteiger partial charge in [0.15, 0.2) is 0 Å². The van der Waals surface area contributed by atoms with Gasteiger partial charge in [-0.15, -0.1) is 6.58 Å². The maximum absolute atomic E-state index is 3.65. The second-order valence-electron chi connectivity index (χ2n) is 2.38. The van der Waals surface area contributed by atoms with Gasteiger partial charge < -0.3 is 4.90 Å². The molecule has 0 rings (SSSR count). The molecule has 0 aromatic heterocycles. The first-order valence-electron chi connectivity index (χ1n) is 3.71. The smallest absolute Gasteiger partial charge is 0.0143 e. The Hall–Kier alpha value is -0.720. The van der Waals surface area contributed by atoms with Gasteiger partial charge in [-0.2, -0.15) is 0 Å². The van der Waals surface area contributed by atoms with E-state index in [4.69, 9.17) is 0 Å². The van der Waals surface area contributed by atoms with Gasteiger partial charge >= 0.3 is 0 Å². The number of rotatable bonds is 4. The minimum absolute atomic E-state index is 0.968. The van der Waals surface area contributed by atoms with Crippen LogP contribution in [0, 0.1) is 0 Å². The van der Waals surface area contributed by atoms with E-state index in [1.165, 1.54) is 5.70 Å². The number of hydrogen-bond acceptors (Lipinski definition) is 1. The van der Waals surface area contributed by atoms with E-state index in [9.17, 15) is 0 Å². The van der Waals surface area contributed by atoms with Crippen LogP contribution in [0.3, 0.4) is 0 Å². The van der Waals surface area contributed by atoms with Gasteiger partial charge in [0.25, 0.3) is 0 Å². The Morgan fingerprint density at radius 2 is 2.20 bits per heavy atom. The van der Waals surface area contributed by atoms with Crippen molar-refractivity contribution in [1.82, 2.24) is 4.90 Å². The summed E-state index contributed by atoms with van der Waals surface area (Å²) in [7, 11) is 2.09. The van der Waals surface area contributed by atoms with Crippen LogP contribution in [0.1, 0.15) is 20.3 Å². The molecular formula is C9H17N. The molecule has 0 spiro atoms. The zero-order chi connectivity index (χ0) is 7.98. The molecule has 0 aliphatic heterocycles. The molecule has 58 valence electrons. The minimum Gasteiger partial charge on any atom is -0.379 e. The van der Waals surface area contributed by atoms with Gasteiger partial charge in [0, 0.05) is 19.3 Å². The summed E-state index contributed by atoms with van der Waals surface area (Å²) in [6, 6.07) is 0. The highest BCUT2D eigenvalue weighted by atomic mass is 15.1. The Morgan fingerprint density at radius 3 is 2.60 bits per heavy atom. The Bertz CT molecular complexity index is 125. The molecular weight excluding hydrogens is 122 g/mol. The maximum atomic E-state index is 3.65. The van der Waals surface area contributed by atoms with Crippen molar-refractivity contribution in [3.05, 3.63) is 24.4 Å². The van der Waals surface area contributed by atoms with Gasteiger partial charge in [-0.3, -0.25) is 0 Å². The average Bonchev–Trinajstić information content (AvgIpc) is 1.98. The van der Waals surface area contributed by atoms with Crippen molar-refractivity contribution >= 4 is 0 Å². The average molecular weight is 139 g/mol. The summed E-state index contributed by atoms with van der Waals surface area (Å²) >= 11 is 0. The van der Waals surface area contributed by atoms with E-state index in [0.717, 1.165) is 13.0 Å². The molecule has 0 N–H and O–H groups in total. The lowest BCUT2D eigenvalue weighted by atomic mass is 10.3.